The number of carbonyl (C=O) groups is 1. The highest BCUT2D eigenvalue weighted by atomic mass is 35.5. The molecule has 0 atom stereocenters. The molecule has 1 aromatic carbocycles. The van der Waals surface area contributed by atoms with E-state index in [9.17, 15) is 9.18 Å². The third-order valence-electron chi connectivity index (χ3n) is 2.21. The lowest BCUT2D eigenvalue weighted by Crippen LogP contribution is -2.03. The Morgan fingerprint density at radius 3 is 2.89 bits per heavy atom. The Kier molecular flexibility index (Phi) is 4.33. The number of pyridine rings is 1. The normalized spacial score (nSPS) is 10.3. The second-order valence-electron chi connectivity index (χ2n) is 3.51. The van der Waals surface area contributed by atoms with E-state index in [0.29, 0.717) is 15.6 Å². The minimum Gasteiger partial charge on any atom is -0.293 e. The number of aromatic nitrogens is 1. The van der Waals surface area contributed by atoms with Crippen LogP contribution in [0.15, 0.2) is 47.6 Å². The first-order valence-corrected chi connectivity index (χ1v) is 6.55. The Morgan fingerprint density at radius 1 is 1.33 bits per heavy atom. The van der Waals surface area contributed by atoms with Crippen molar-refractivity contribution in [2.24, 2.45) is 0 Å². The summed E-state index contributed by atoms with van der Waals surface area (Å²) in [6.45, 7) is 0. The highest BCUT2D eigenvalue weighted by Gasteiger charge is 2.09. The summed E-state index contributed by atoms with van der Waals surface area (Å²) >= 11 is 7.17. The third kappa shape index (κ3) is 3.31. The molecule has 1 heterocycles. The maximum absolute atomic E-state index is 13.0. The lowest BCUT2D eigenvalue weighted by atomic mass is 10.1. The van der Waals surface area contributed by atoms with Crippen molar-refractivity contribution in [2.45, 2.75) is 5.03 Å². The monoisotopic (exact) mass is 281 g/mol. The molecule has 1 aromatic heterocycles. The van der Waals surface area contributed by atoms with E-state index in [1.165, 1.54) is 30.0 Å². The van der Waals surface area contributed by atoms with Crippen LogP contribution in [0.3, 0.4) is 0 Å². The second-order valence-corrected chi connectivity index (χ2v) is 4.88. The van der Waals surface area contributed by atoms with Gasteiger partial charge < -0.3 is 0 Å². The fraction of sp³-hybridized carbons (Fsp3) is 0.0769. The van der Waals surface area contributed by atoms with Crippen LogP contribution in [0.5, 0.6) is 0 Å². The van der Waals surface area contributed by atoms with Crippen LogP contribution in [0, 0.1) is 5.82 Å². The van der Waals surface area contributed by atoms with E-state index >= 15 is 0 Å². The summed E-state index contributed by atoms with van der Waals surface area (Å²) in [6.07, 6.45) is 1.61. The van der Waals surface area contributed by atoms with E-state index in [1.807, 2.05) is 0 Å². The average Bonchev–Trinajstić information content (AvgIpc) is 2.37. The number of ketones is 1. The number of hydrogen-bond acceptors (Lipinski definition) is 3. The first kappa shape index (κ1) is 13.1. The summed E-state index contributed by atoms with van der Waals surface area (Å²) in [6, 6.07) is 9.07. The second kappa shape index (κ2) is 5.98. The Balaban J connectivity index is 2.03. The highest BCUT2D eigenvalue weighted by Crippen LogP contribution is 2.24. The van der Waals surface area contributed by atoms with Gasteiger partial charge in [0.15, 0.2) is 5.78 Å². The number of hydrogen-bond donors (Lipinski definition) is 0. The van der Waals surface area contributed by atoms with Gasteiger partial charge in [-0.1, -0.05) is 35.5 Å². The van der Waals surface area contributed by atoms with E-state index in [0.717, 1.165) is 0 Å². The maximum Gasteiger partial charge on any atom is 0.173 e. The predicted molar refractivity (Wildman–Crippen MR) is 70.7 cm³/mol. The summed E-state index contributed by atoms with van der Waals surface area (Å²) < 4.78 is 13.0. The molecule has 0 fully saturated rings. The van der Waals surface area contributed by atoms with Gasteiger partial charge in [-0.15, -0.1) is 0 Å². The molecule has 0 saturated heterocycles. The van der Waals surface area contributed by atoms with Crippen molar-refractivity contribution in [3.63, 3.8) is 0 Å². The van der Waals surface area contributed by atoms with Gasteiger partial charge in [0.1, 0.15) is 10.8 Å². The topological polar surface area (TPSA) is 30.0 Å². The Bertz CT molecular complexity index is 576. The lowest BCUT2D eigenvalue weighted by Gasteiger charge is -2.02. The van der Waals surface area contributed by atoms with Crippen molar-refractivity contribution in [1.82, 2.24) is 4.98 Å². The minimum absolute atomic E-state index is 0.152. The zero-order valence-electron chi connectivity index (χ0n) is 9.27. The van der Waals surface area contributed by atoms with Gasteiger partial charge >= 0.3 is 0 Å². The van der Waals surface area contributed by atoms with E-state index < -0.39 is 5.82 Å². The number of thioether (sulfide) groups is 1. The molecule has 0 saturated carbocycles. The Hall–Kier alpha value is -1.39. The van der Waals surface area contributed by atoms with Gasteiger partial charge in [-0.25, -0.2) is 9.37 Å². The molecule has 2 rings (SSSR count). The molecule has 0 aliphatic heterocycles. The predicted octanol–water partition coefficient (Wildman–Crippen LogP) is 3.85. The molecule has 0 aliphatic carbocycles. The van der Waals surface area contributed by atoms with Gasteiger partial charge in [0.25, 0.3) is 0 Å². The molecule has 0 aliphatic rings. The summed E-state index contributed by atoms with van der Waals surface area (Å²) in [7, 11) is 0. The third-order valence-corrected chi connectivity index (χ3v) is 3.63. The molecular weight excluding hydrogens is 273 g/mol. The number of nitrogens with zero attached hydrogens (tertiary/aromatic N) is 1. The molecule has 18 heavy (non-hydrogen) atoms. The fourth-order valence-corrected chi connectivity index (χ4v) is 2.42. The van der Waals surface area contributed by atoms with E-state index in [2.05, 4.69) is 4.98 Å². The highest BCUT2D eigenvalue weighted by molar-refractivity contribution is 8.00. The average molecular weight is 282 g/mol. The van der Waals surface area contributed by atoms with Crippen LogP contribution in [-0.2, 0) is 0 Å². The number of Topliss-reactive ketones (excluding diaryl/α,β-unsaturated/α-hetero) is 1. The number of benzene rings is 1. The van der Waals surface area contributed by atoms with Crippen LogP contribution in [0.4, 0.5) is 4.39 Å². The Morgan fingerprint density at radius 2 is 2.17 bits per heavy atom. The van der Waals surface area contributed by atoms with Crippen molar-refractivity contribution in [2.75, 3.05) is 5.75 Å². The van der Waals surface area contributed by atoms with Gasteiger partial charge in [0.2, 0.25) is 0 Å². The summed E-state index contributed by atoms with van der Waals surface area (Å²) in [5.74, 6) is -0.386. The molecule has 0 amide bonds. The molecule has 0 bridgehead atoms. The van der Waals surface area contributed by atoms with Crippen LogP contribution in [0.25, 0.3) is 0 Å². The summed E-state index contributed by atoms with van der Waals surface area (Å²) in [4.78, 5) is 15.9. The van der Waals surface area contributed by atoms with Crippen molar-refractivity contribution in [3.05, 3.63) is 59.0 Å². The maximum atomic E-state index is 13.0. The number of halogens is 2. The minimum atomic E-state index is -0.415. The van der Waals surface area contributed by atoms with Gasteiger partial charge in [0, 0.05) is 11.8 Å². The summed E-state index contributed by atoms with van der Waals surface area (Å²) in [5.41, 5.74) is 0.356. The molecule has 5 heteroatoms. The van der Waals surface area contributed by atoms with E-state index in [4.69, 9.17) is 11.6 Å². The molecule has 0 spiro atoms. The van der Waals surface area contributed by atoms with Gasteiger partial charge in [0.05, 0.1) is 10.8 Å². The zero-order valence-corrected chi connectivity index (χ0v) is 10.8. The van der Waals surface area contributed by atoms with Crippen LogP contribution in [0.1, 0.15) is 10.4 Å². The van der Waals surface area contributed by atoms with Crippen LogP contribution in [-0.4, -0.2) is 16.5 Å². The van der Waals surface area contributed by atoms with Crippen molar-refractivity contribution in [1.29, 1.82) is 0 Å². The first-order valence-electron chi connectivity index (χ1n) is 5.19. The molecule has 92 valence electrons. The van der Waals surface area contributed by atoms with Crippen molar-refractivity contribution in [3.8, 4) is 0 Å². The SMILES string of the molecule is O=C(CSc1ncccc1Cl)c1cccc(F)c1. The molecule has 0 unspecified atom stereocenters. The molecular formula is C13H9ClFNOS. The lowest BCUT2D eigenvalue weighted by molar-refractivity contribution is 0.102. The van der Waals surface area contributed by atoms with Gasteiger partial charge in [-0.3, -0.25) is 4.79 Å². The van der Waals surface area contributed by atoms with Crippen molar-refractivity contribution < 1.29 is 9.18 Å². The number of rotatable bonds is 4. The smallest absolute Gasteiger partial charge is 0.173 e. The van der Waals surface area contributed by atoms with Crippen LogP contribution < -0.4 is 0 Å². The largest absolute Gasteiger partial charge is 0.293 e. The number of carbonyl (C=O) groups excluding carboxylic acids is 1. The van der Waals surface area contributed by atoms with Gasteiger partial charge in [-0.2, -0.15) is 0 Å². The molecule has 2 nitrogen and oxygen atoms in total. The molecule has 0 N–H and O–H groups in total. The van der Waals surface area contributed by atoms with E-state index in [-0.39, 0.29) is 11.5 Å². The van der Waals surface area contributed by atoms with Crippen LogP contribution >= 0.6 is 23.4 Å². The first-order chi connectivity index (χ1) is 8.66. The Labute approximate surface area is 113 Å². The van der Waals surface area contributed by atoms with Crippen LogP contribution in [0.2, 0.25) is 5.02 Å². The zero-order chi connectivity index (χ0) is 13.0. The van der Waals surface area contributed by atoms with Gasteiger partial charge in [-0.05, 0) is 24.3 Å². The summed E-state index contributed by atoms with van der Waals surface area (Å²) in [5, 5.41) is 1.11. The standard InChI is InChI=1S/C13H9ClFNOS/c14-11-5-2-6-16-13(11)18-8-12(17)9-3-1-4-10(15)7-9/h1-7H,8H2. The fourth-order valence-electron chi connectivity index (χ4n) is 1.36. The molecule has 2 aromatic rings. The van der Waals surface area contributed by atoms with Crippen molar-refractivity contribution >= 4 is 29.1 Å². The quantitative estimate of drug-likeness (QED) is 0.630. The molecule has 0 radical (unpaired) electrons. The van der Waals surface area contributed by atoms with E-state index in [1.54, 1.807) is 24.4 Å².